The summed E-state index contributed by atoms with van der Waals surface area (Å²) in [4.78, 5) is 3.89. The van der Waals surface area contributed by atoms with Gasteiger partial charge in [0, 0.05) is 11.2 Å². The molecule has 1 N–H and O–H groups in total. The molecule has 32 heavy (non-hydrogen) atoms. The van der Waals surface area contributed by atoms with Crippen molar-refractivity contribution in [2.45, 2.75) is 48.2 Å². The molecular formula is C26H27N2O2S2+. The number of hydrogen-bond donors (Lipinski definition) is 1. The number of H-pyrrole nitrogens is 1. The smallest absolute Gasteiger partial charge is 0.231 e. The first-order valence-corrected chi connectivity index (χ1v) is 13.7. The van der Waals surface area contributed by atoms with Crippen LogP contribution in [0.25, 0.3) is 21.8 Å². The normalized spacial score (nSPS) is 15.8. The Bertz CT molecular complexity index is 1380. The fourth-order valence-electron chi connectivity index (χ4n) is 4.60. The van der Waals surface area contributed by atoms with Crippen molar-refractivity contribution in [2.24, 2.45) is 0 Å². The Balaban J connectivity index is 1.35. The first kappa shape index (κ1) is 21.3. The highest BCUT2D eigenvalue weighted by Crippen LogP contribution is 2.29. The van der Waals surface area contributed by atoms with Crippen LogP contribution >= 0.6 is 11.8 Å². The zero-order valence-corrected chi connectivity index (χ0v) is 19.5. The highest BCUT2D eigenvalue weighted by molar-refractivity contribution is 7.99. The number of thioether (sulfide) groups is 1. The van der Waals surface area contributed by atoms with Crippen LogP contribution in [0.4, 0.5) is 0 Å². The summed E-state index contributed by atoms with van der Waals surface area (Å²) < 4.78 is 28.1. The van der Waals surface area contributed by atoms with E-state index in [1.807, 2.05) is 30.3 Å². The van der Waals surface area contributed by atoms with E-state index in [9.17, 15) is 8.42 Å². The number of aromatic nitrogens is 2. The Hall–Kier alpha value is -2.57. The minimum atomic E-state index is -3.47. The van der Waals surface area contributed by atoms with Crippen LogP contribution in [-0.4, -0.2) is 19.2 Å². The van der Waals surface area contributed by atoms with Crippen LogP contribution in [0.3, 0.4) is 0 Å². The van der Waals surface area contributed by atoms with Crippen molar-refractivity contribution < 1.29 is 13.0 Å². The number of benzene rings is 3. The average molecular weight is 464 g/mol. The largest absolute Gasteiger partial charge is 0.317 e. The lowest BCUT2D eigenvalue weighted by Gasteiger charge is -2.20. The van der Waals surface area contributed by atoms with Gasteiger partial charge in [0.2, 0.25) is 0 Å². The molecule has 1 aliphatic carbocycles. The van der Waals surface area contributed by atoms with Crippen molar-refractivity contribution >= 4 is 43.4 Å². The molecule has 4 aromatic rings. The third-order valence-electron chi connectivity index (χ3n) is 6.20. The second-order valence-corrected chi connectivity index (χ2v) is 11.2. The molecule has 164 valence electrons. The van der Waals surface area contributed by atoms with Crippen molar-refractivity contribution in [3.05, 3.63) is 78.2 Å². The van der Waals surface area contributed by atoms with Gasteiger partial charge in [0.05, 0.1) is 4.90 Å². The second-order valence-electron chi connectivity index (χ2n) is 8.35. The third kappa shape index (κ3) is 4.34. The van der Waals surface area contributed by atoms with E-state index in [0.717, 1.165) is 21.4 Å². The standard InChI is InChI=1S/C26H26N2O2S2/c29-32(30,23-16-15-20-9-4-5-10-21(20)19-23)18-8-17-31-26-27-24-13-6-7-14-25(24)28(26)22-11-2-1-3-12-22/h4-10,13-16,18-19,22H,1-3,11-12,17H2/p+1. The molecule has 0 unspecified atom stereocenters. The van der Waals surface area contributed by atoms with Crippen LogP contribution in [0.1, 0.15) is 38.1 Å². The van der Waals surface area contributed by atoms with E-state index in [2.05, 4.69) is 33.8 Å². The molecule has 4 nitrogen and oxygen atoms in total. The Morgan fingerprint density at radius 2 is 1.69 bits per heavy atom. The number of aromatic amines is 1. The van der Waals surface area contributed by atoms with E-state index < -0.39 is 9.84 Å². The van der Waals surface area contributed by atoms with Crippen LogP contribution in [0.15, 0.2) is 88.3 Å². The lowest BCUT2D eigenvalue weighted by molar-refractivity contribution is -0.736. The van der Waals surface area contributed by atoms with Gasteiger partial charge in [-0.1, -0.05) is 55.0 Å². The summed E-state index contributed by atoms with van der Waals surface area (Å²) in [6.45, 7) is 0. The predicted octanol–water partition coefficient (Wildman–Crippen LogP) is 6.19. The molecule has 0 radical (unpaired) electrons. The molecule has 3 aromatic carbocycles. The number of nitrogens with zero attached hydrogens (tertiary/aromatic N) is 1. The van der Waals surface area contributed by atoms with E-state index in [-0.39, 0.29) is 0 Å². The molecule has 6 heteroatoms. The summed E-state index contributed by atoms with van der Waals surface area (Å²) >= 11 is 1.66. The maximum Gasteiger partial charge on any atom is 0.317 e. The minimum Gasteiger partial charge on any atom is -0.231 e. The van der Waals surface area contributed by atoms with Gasteiger partial charge in [0.25, 0.3) is 0 Å². The van der Waals surface area contributed by atoms with E-state index in [4.69, 9.17) is 0 Å². The molecule has 0 spiro atoms. The number of imidazole rings is 1. The molecule has 0 amide bonds. The van der Waals surface area contributed by atoms with Gasteiger partial charge in [-0.2, -0.15) is 0 Å². The summed E-state index contributed by atoms with van der Waals surface area (Å²) in [7, 11) is -3.47. The Morgan fingerprint density at radius 3 is 2.53 bits per heavy atom. The molecule has 0 bridgehead atoms. The van der Waals surface area contributed by atoms with Gasteiger partial charge in [0.1, 0.15) is 6.04 Å². The van der Waals surface area contributed by atoms with E-state index >= 15 is 0 Å². The monoisotopic (exact) mass is 463 g/mol. The molecule has 1 fully saturated rings. The van der Waals surface area contributed by atoms with Gasteiger partial charge < -0.3 is 0 Å². The number of para-hydroxylation sites is 2. The van der Waals surface area contributed by atoms with Crippen molar-refractivity contribution in [2.75, 3.05) is 5.75 Å². The number of hydrogen-bond acceptors (Lipinski definition) is 3. The lowest BCUT2D eigenvalue weighted by atomic mass is 9.95. The molecule has 1 aromatic heterocycles. The van der Waals surface area contributed by atoms with Crippen molar-refractivity contribution in [1.29, 1.82) is 0 Å². The number of nitrogens with one attached hydrogen (secondary N) is 1. The zero-order valence-electron chi connectivity index (χ0n) is 17.9. The van der Waals surface area contributed by atoms with Crippen LogP contribution in [0, 0.1) is 0 Å². The summed E-state index contributed by atoms with van der Waals surface area (Å²) in [5, 5.41) is 4.42. The summed E-state index contributed by atoms with van der Waals surface area (Å²) in [6.07, 6.45) is 8.01. The maximum atomic E-state index is 12.8. The third-order valence-corrected chi connectivity index (χ3v) is 8.60. The van der Waals surface area contributed by atoms with Gasteiger partial charge in [-0.15, -0.1) is 0 Å². The van der Waals surface area contributed by atoms with Crippen LogP contribution in [0.2, 0.25) is 0 Å². The first-order chi connectivity index (χ1) is 15.6. The molecule has 0 atom stereocenters. The fourth-order valence-corrected chi connectivity index (χ4v) is 6.69. The first-order valence-electron chi connectivity index (χ1n) is 11.2. The van der Waals surface area contributed by atoms with Crippen molar-refractivity contribution in [3.8, 4) is 0 Å². The molecule has 1 aliphatic rings. The SMILES string of the molecule is O=S(=O)(C=CCSc1[nH]c2ccccc2[n+]1C1CCCCC1)c1ccc2ccccc2c1. The Kier molecular flexibility index (Phi) is 6.07. The molecule has 0 aliphatic heterocycles. The summed E-state index contributed by atoms with van der Waals surface area (Å²) in [5.41, 5.74) is 2.36. The summed E-state index contributed by atoms with van der Waals surface area (Å²) in [6, 6.07) is 22.0. The quantitative estimate of drug-likeness (QED) is 0.274. The van der Waals surface area contributed by atoms with Crippen LogP contribution in [0.5, 0.6) is 0 Å². The summed E-state index contributed by atoms with van der Waals surface area (Å²) in [5.74, 6) is 0.590. The second kappa shape index (κ2) is 9.12. The van der Waals surface area contributed by atoms with E-state index in [0.29, 0.717) is 16.7 Å². The molecule has 1 heterocycles. The van der Waals surface area contributed by atoms with Gasteiger partial charge in [-0.3, -0.25) is 0 Å². The highest BCUT2D eigenvalue weighted by atomic mass is 32.2. The molecular weight excluding hydrogens is 436 g/mol. The van der Waals surface area contributed by atoms with Crippen molar-refractivity contribution in [3.63, 3.8) is 0 Å². The highest BCUT2D eigenvalue weighted by Gasteiger charge is 2.27. The van der Waals surface area contributed by atoms with Crippen molar-refractivity contribution in [1.82, 2.24) is 4.98 Å². The number of rotatable bonds is 6. The maximum absolute atomic E-state index is 12.8. The number of sulfone groups is 1. The van der Waals surface area contributed by atoms with Crippen LogP contribution in [-0.2, 0) is 9.84 Å². The number of fused-ring (bicyclic) bond motifs is 2. The fraction of sp³-hybridized carbons (Fsp3) is 0.269. The van der Waals surface area contributed by atoms with Gasteiger partial charge in [-0.05, 0) is 72.5 Å². The lowest BCUT2D eigenvalue weighted by Crippen LogP contribution is -2.41. The van der Waals surface area contributed by atoms with Gasteiger partial charge >= 0.3 is 5.16 Å². The molecule has 5 rings (SSSR count). The van der Waals surface area contributed by atoms with Crippen LogP contribution < -0.4 is 4.57 Å². The van der Waals surface area contributed by atoms with E-state index in [1.165, 1.54) is 43.0 Å². The predicted molar refractivity (Wildman–Crippen MR) is 132 cm³/mol. The molecule has 1 saturated carbocycles. The van der Waals surface area contributed by atoms with Gasteiger partial charge in [0.15, 0.2) is 20.9 Å². The average Bonchev–Trinajstić information content (AvgIpc) is 3.20. The van der Waals surface area contributed by atoms with Gasteiger partial charge in [-0.25, -0.2) is 18.0 Å². The molecule has 0 saturated heterocycles. The zero-order chi connectivity index (χ0) is 22.0. The Morgan fingerprint density at radius 1 is 0.938 bits per heavy atom. The topological polar surface area (TPSA) is 53.8 Å². The van der Waals surface area contributed by atoms with E-state index in [1.54, 1.807) is 30.0 Å². The minimum absolute atomic E-state index is 0.334. The Labute approximate surface area is 193 Å².